The van der Waals surface area contributed by atoms with E-state index in [-0.39, 0.29) is 5.75 Å². The van der Waals surface area contributed by atoms with Crippen molar-refractivity contribution in [3.05, 3.63) is 23.8 Å². The van der Waals surface area contributed by atoms with Gasteiger partial charge in [-0.3, -0.25) is 4.79 Å². The molecule has 1 aromatic carbocycles. The summed E-state index contributed by atoms with van der Waals surface area (Å²) in [6, 6.07) is 4.63. The van der Waals surface area contributed by atoms with Crippen LogP contribution in [0.1, 0.15) is 10.4 Å². The molecule has 0 aliphatic rings. The minimum atomic E-state index is 0.151. The monoisotopic (exact) mass is 151 g/mol. The van der Waals surface area contributed by atoms with Crippen molar-refractivity contribution in [3.63, 3.8) is 0 Å². The zero-order chi connectivity index (χ0) is 8.27. The molecular formula is C8H9NO2. The number of hydrogen-bond acceptors (Lipinski definition) is 3. The quantitative estimate of drug-likeness (QED) is 0.494. The summed E-state index contributed by atoms with van der Waals surface area (Å²) >= 11 is 0. The van der Waals surface area contributed by atoms with E-state index in [4.69, 9.17) is 5.11 Å². The van der Waals surface area contributed by atoms with Crippen molar-refractivity contribution in [1.82, 2.24) is 0 Å². The van der Waals surface area contributed by atoms with Crippen LogP contribution in [0, 0.1) is 0 Å². The largest absolute Gasteiger partial charge is 0.506 e. The Morgan fingerprint density at radius 2 is 2.27 bits per heavy atom. The van der Waals surface area contributed by atoms with E-state index in [2.05, 4.69) is 5.32 Å². The number of aromatic hydroxyl groups is 1. The number of rotatable bonds is 2. The highest BCUT2D eigenvalue weighted by molar-refractivity contribution is 5.78. The van der Waals surface area contributed by atoms with Crippen molar-refractivity contribution < 1.29 is 9.90 Å². The van der Waals surface area contributed by atoms with Crippen LogP contribution in [0.2, 0.25) is 0 Å². The molecule has 11 heavy (non-hydrogen) atoms. The van der Waals surface area contributed by atoms with Crippen LogP contribution in [0.5, 0.6) is 5.75 Å². The lowest BCUT2D eigenvalue weighted by molar-refractivity contribution is 0.112. The minimum Gasteiger partial charge on any atom is -0.506 e. The van der Waals surface area contributed by atoms with E-state index in [1.807, 2.05) is 0 Å². The molecule has 0 aromatic heterocycles. The zero-order valence-electron chi connectivity index (χ0n) is 6.16. The number of aldehydes is 1. The van der Waals surface area contributed by atoms with Crippen LogP contribution in [0.4, 0.5) is 5.69 Å². The summed E-state index contributed by atoms with van der Waals surface area (Å²) in [4.78, 5) is 10.3. The third-order valence-corrected chi connectivity index (χ3v) is 1.43. The van der Waals surface area contributed by atoms with Gasteiger partial charge >= 0.3 is 0 Å². The molecule has 0 atom stereocenters. The van der Waals surface area contributed by atoms with Gasteiger partial charge in [0.05, 0.1) is 5.69 Å². The molecule has 0 unspecified atom stereocenters. The standard InChI is InChI=1S/C8H9NO2/c1-9-7-4-6(5-10)2-3-8(7)11/h2-5,9,11H,1H3. The summed E-state index contributed by atoms with van der Waals surface area (Å²) < 4.78 is 0. The molecule has 0 amide bonds. The van der Waals surface area contributed by atoms with Gasteiger partial charge in [-0.25, -0.2) is 0 Å². The van der Waals surface area contributed by atoms with Crippen molar-refractivity contribution in [3.8, 4) is 5.75 Å². The van der Waals surface area contributed by atoms with Crippen molar-refractivity contribution >= 4 is 12.0 Å². The molecule has 0 bridgehead atoms. The van der Waals surface area contributed by atoms with Gasteiger partial charge in [-0.1, -0.05) is 0 Å². The van der Waals surface area contributed by atoms with Crippen molar-refractivity contribution in [1.29, 1.82) is 0 Å². The van der Waals surface area contributed by atoms with Gasteiger partial charge in [0.25, 0.3) is 0 Å². The smallest absolute Gasteiger partial charge is 0.150 e. The topological polar surface area (TPSA) is 49.3 Å². The maximum absolute atomic E-state index is 10.3. The van der Waals surface area contributed by atoms with Gasteiger partial charge < -0.3 is 10.4 Å². The highest BCUT2D eigenvalue weighted by atomic mass is 16.3. The summed E-state index contributed by atoms with van der Waals surface area (Å²) in [6.45, 7) is 0. The van der Waals surface area contributed by atoms with Gasteiger partial charge in [-0.15, -0.1) is 0 Å². The van der Waals surface area contributed by atoms with Crippen LogP contribution in [-0.2, 0) is 0 Å². The van der Waals surface area contributed by atoms with Crippen LogP contribution in [0.3, 0.4) is 0 Å². The van der Waals surface area contributed by atoms with Crippen molar-refractivity contribution in [2.45, 2.75) is 0 Å². The van der Waals surface area contributed by atoms with E-state index < -0.39 is 0 Å². The number of hydrogen-bond donors (Lipinski definition) is 2. The predicted octanol–water partition coefficient (Wildman–Crippen LogP) is 1.25. The van der Waals surface area contributed by atoms with E-state index in [9.17, 15) is 4.79 Å². The number of carbonyl (C=O) groups is 1. The van der Waals surface area contributed by atoms with Crippen LogP contribution < -0.4 is 5.32 Å². The Hall–Kier alpha value is -1.51. The van der Waals surface area contributed by atoms with Gasteiger partial charge in [-0.2, -0.15) is 0 Å². The second kappa shape index (κ2) is 3.05. The third-order valence-electron chi connectivity index (χ3n) is 1.43. The lowest BCUT2D eigenvalue weighted by atomic mass is 10.2. The Morgan fingerprint density at radius 1 is 1.55 bits per heavy atom. The Kier molecular flexibility index (Phi) is 2.11. The summed E-state index contributed by atoms with van der Waals surface area (Å²) in [5, 5.41) is 11.9. The average molecular weight is 151 g/mol. The molecule has 2 N–H and O–H groups in total. The second-order valence-corrected chi connectivity index (χ2v) is 2.14. The molecule has 0 saturated carbocycles. The van der Waals surface area contributed by atoms with Crippen molar-refractivity contribution in [2.75, 3.05) is 12.4 Å². The molecule has 0 spiro atoms. The first kappa shape index (κ1) is 7.60. The first-order valence-corrected chi connectivity index (χ1v) is 3.24. The first-order valence-electron chi connectivity index (χ1n) is 3.24. The van der Waals surface area contributed by atoms with E-state index in [1.54, 1.807) is 19.2 Å². The molecule has 0 aliphatic heterocycles. The fourth-order valence-corrected chi connectivity index (χ4v) is 0.827. The molecule has 58 valence electrons. The number of phenols is 1. The number of phenolic OH excluding ortho intramolecular Hbond substituents is 1. The predicted molar refractivity (Wildman–Crippen MR) is 43.0 cm³/mol. The van der Waals surface area contributed by atoms with Gasteiger partial charge in [0, 0.05) is 12.6 Å². The Labute approximate surface area is 64.7 Å². The summed E-state index contributed by atoms with van der Waals surface area (Å²) in [7, 11) is 1.68. The molecular weight excluding hydrogens is 142 g/mol. The van der Waals surface area contributed by atoms with Gasteiger partial charge in [0.1, 0.15) is 12.0 Å². The lowest BCUT2D eigenvalue weighted by Crippen LogP contribution is -1.89. The van der Waals surface area contributed by atoms with E-state index in [0.717, 1.165) is 6.29 Å². The molecule has 1 aromatic rings. The summed E-state index contributed by atoms with van der Waals surface area (Å²) in [5.41, 5.74) is 1.11. The average Bonchev–Trinajstić information content (AvgIpc) is 2.05. The molecule has 0 fully saturated rings. The van der Waals surface area contributed by atoms with Crippen LogP contribution in [0.15, 0.2) is 18.2 Å². The van der Waals surface area contributed by atoms with Crippen LogP contribution in [0.25, 0.3) is 0 Å². The molecule has 0 radical (unpaired) electrons. The highest BCUT2D eigenvalue weighted by Gasteiger charge is 1.98. The molecule has 3 heteroatoms. The fraction of sp³-hybridized carbons (Fsp3) is 0.125. The normalized spacial score (nSPS) is 9.18. The van der Waals surface area contributed by atoms with E-state index in [0.29, 0.717) is 11.3 Å². The number of benzene rings is 1. The third kappa shape index (κ3) is 1.49. The minimum absolute atomic E-state index is 0.151. The Morgan fingerprint density at radius 3 is 2.82 bits per heavy atom. The SMILES string of the molecule is CNc1cc(C=O)ccc1O. The van der Waals surface area contributed by atoms with Crippen LogP contribution in [-0.4, -0.2) is 18.4 Å². The highest BCUT2D eigenvalue weighted by Crippen LogP contribution is 2.22. The molecule has 0 aliphatic carbocycles. The molecule has 0 saturated heterocycles. The number of anilines is 1. The molecule has 3 nitrogen and oxygen atoms in total. The van der Waals surface area contributed by atoms with E-state index in [1.165, 1.54) is 6.07 Å². The van der Waals surface area contributed by atoms with Gasteiger partial charge in [-0.05, 0) is 18.2 Å². The van der Waals surface area contributed by atoms with Gasteiger partial charge in [0.15, 0.2) is 0 Å². The second-order valence-electron chi connectivity index (χ2n) is 2.14. The Bertz CT molecular complexity index is 271. The maximum Gasteiger partial charge on any atom is 0.150 e. The van der Waals surface area contributed by atoms with Gasteiger partial charge in [0.2, 0.25) is 0 Å². The number of carbonyl (C=O) groups excluding carboxylic acids is 1. The Balaban J connectivity index is 3.12. The zero-order valence-corrected chi connectivity index (χ0v) is 6.16. The van der Waals surface area contributed by atoms with Crippen molar-refractivity contribution in [2.24, 2.45) is 0 Å². The van der Waals surface area contributed by atoms with Crippen LogP contribution >= 0.6 is 0 Å². The summed E-state index contributed by atoms with van der Waals surface area (Å²) in [5.74, 6) is 0.151. The lowest BCUT2D eigenvalue weighted by Gasteiger charge is -2.02. The maximum atomic E-state index is 10.3. The first-order chi connectivity index (χ1) is 5.27. The number of nitrogens with one attached hydrogen (secondary N) is 1. The fourth-order valence-electron chi connectivity index (χ4n) is 0.827. The summed E-state index contributed by atoms with van der Waals surface area (Å²) in [6.07, 6.45) is 0.736. The molecule has 1 rings (SSSR count). The van der Waals surface area contributed by atoms with E-state index >= 15 is 0 Å². The molecule has 0 heterocycles.